The SMILES string of the molecule is CCN(CCCNC(=O)c1nn(-c2ccc(F)cc2)c2c1CCCC2)S(C)(=O)=O. The van der Waals surface area contributed by atoms with Crippen molar-refractivity contribution < 1.29 is 17.6 Å². The van der Waals surface area contributed by atoms with Gasteiger partial charge in [0.1, 0.15) is 5.82 Å². The Bertz CT molecular complexity index is 970. The lowest BCUT2D eigenvalue weighted by molar-refractivity contribution is 0.0946. The largest absolute Gasteiger partial charge is 0.351 e. The highest BCUT2D eigenvalue weighted by molar-refractivity contribution is 7.88. The summed E-state index contributed by atoms with van der Waals surface area (Å²) in [6.45, 7) is 2.91. The van der Waals surface area contributed by atoms with E-state index in [2.05, 4.69) is 10.4 Å². The fraction of sp³-hybridized carbons (Fsp3) is 0.500. The number of aromatic nitrogens is 2. The monoisotopic (exact) mass is 422 g/mol. The molecule has 0 saturated carbocycles. The van der Waals surface area contributed by atoms with Crippen LogP contribution in [-0.2, 0) is 22.9 Å². The van der Waals surface area contributed by atoms with E-state index in [1.807, 2.05) is 0 Å². The molecule has 1 aromatic carbocycles. The molecule has 0 aliphatic heterocycles. The number of hydrogen-bond acceptors (Lipinski definition) is 4. The fourth-order valence-corrected chi connectivity index (χ4v) is 4.61. The molecule has 1 aliphatic carbocycles. The second-order valence-corrected chi connectivity index (χ2v) is 9.22. The van der Waals surface area contributed by atoms with Gasteiger partial charge in [-0.1, -0.05) is 6.92 Å². The van der Waals surface area contributed by atoms with Crippen molar-refractivity contribution in [3.8, 4) is 5.69 Å². The summed E-state index contributed by atoms with van der Waals surface area (Å²) in [5, 5.41) is 7.39. The van der Waals surface area contributed by atoms with Gasteiger partial charge in [-0.25, -0.2) is 21.8 Å². The Hall–Kier alpha value is -2.26. The third-order valence-corrected chi connectivity index (χ3v) is 6.54. The van der Waals surface area contributed by atoms with E-state index in [0.717, 1.165) is 42.6 Å². The van der Waals surface area contributed by atoms with Gasteiger partial charge in [0.15, 0.2) is 5.69 Å². The summed E-state index contributed by atoms with van der Waals surface area (Å²) >= 11 is 0. The van der Waals surface area contributed by atoms with Crippen molar-refractivity contribution in [1.82, 2.24) is 19.4 Å². The lowest BCUT2D eigenvalue weighted by Gasteiger charge is -2.17. The molecule has 0 unspecified atom stereocenters. The average Bonchev–Trinajstić information content (AvgIpc) is 3.07. The van der Waals surface area contributed by atoms with Crippen molar-refractivity contribution in [2.24, 2.45) is 0 Å². The highest BCUT2D eigenvalue weighted by Gasteiger charge is 2.25. The molecule has 1 N–H and O–H groups in total. The average molecular weight is 423 g/mol. The van der Waals surface area contributed by atoms with Crippen molar-refractivity contribution >= 4 is 15.9 Å². The van der Waals surface area contributed by atoms with Gasteiger partial charge < -0.3 is 5.32 Å². The van der Waals surface area contributed by atoms with Gasteiger partial charge in [-0.05, 0) is 56.4 Å². The number of nitrogens with one attached hydrogen (secondary N) is 1. The van der Waals surface area contributed by atoms with Crippen LogP contribution in [0.3, 0.4) is 0 Å². The van der Waals surface area contributed by atoms with E-state index in [-0.39, 0.29) is 11.7 Å². The first-order valence-electron chi connectivity index (χ1n) is 9.91. The highest BCUT2D eigenvalue weighted by Crippen LogP contribution is 2.27. The van der Waals surface area contributed by atoms with E-state index in [1.165, 1.54) is 22.7 Å². The maximum atomic E-state index is 13.3. The first-order valence-corrected chi connectivity index (χ1v) is 11.8. The van der Waals surface area contributed by atoms with E-state index in [0.29, 0.717) is 31.7 Å². The third-order valence-electron chi connectivity index (χ3n) is 5.16. The number of nitrogens with zero attached hydrogens (tertiary/aromatic N) is 3. The number of amides is 1. The van der Waals surface area contributed by atoms with Crippen LogP contribution in [0.5, 0.6) is 0 Å². The number of rotatable bonds is 8. The van der Waals surface area contributed by atoms with Gasteiger partial charge in [0, 0.05) is 30.9 Å². The van der Waals surface area contributed by atoms with E-state index >= 15 is 0 Å². The van der Waals surface area contributed by atoms with Gasteiger partial charge in [-0.15, -0.1) is 0 Å². The molecule has 0 radical (unpaired) electrons. The Morgan fingerprint density at radius 3 is 2.59 bits per heavy atom. The van der Waals surface area contributed by atoms with E-state index in [9.17, 15) is 17.6 Å². The van der Waals surface area contributed by atoms with Crippen LogP contribution in [0.4, 0.5) is 4.39 Å². The highest BCUT2D eigenvalue weighted by atomic mass is 32.2. The van der Waals surface area contributed by atoms with Crippen LogP contribution in [0.2, 0.25) is 0 Å². The summed E-state index contributed by atoms with van der Waals surface area (Å²) in [7, 11) is -3.23. The van der Waals surface area contributed by atoms with Crippen molar-refractivity contribution in [3.63, 3.8) is 0 Å². The van der Waals surface area contributed by atoms with E-state index < -0.39 is 10.0 Å². The summed E-state index contributed by atoms with van der Waals surface area (Å²) in [6, 6.07) is 6.08. The van der Waals surface area contributed by atoms with E-state index in [4.69, 9.17) is 0 Å². The zero-order valence-electron chi connectivity index (χ0n) is 16.8. The van der Waals surface area contributed by atoms with Crippen LogP contribution in [0, 0.1) is 5.82 Å². The minimum Gasteiger partial charge on any atom is -0.351 e. The lowest BCUT2D eigenvalue weighted by atomic mass is 9.95. The molecule has 0 saturated heterocycles. The molecule has 0 atom stereocenters. The topological polar surface area (TPSA) is 84.3 Å². The number of sulfonamides is 1. The molecule has 29 heavy (non-hydrogen) atoms. The molecule has 0 spiro atoms. The molecule has 0 fully saturated rings. The Kier molecular flexibility index (Phi) is 6.69. The molecule has 1 aliphatic rings. The molecule has 0 bridgehead atoms. The molecule has 158 valence electrons. The predicted molar refractivity (Wildman–Crippen MR) is 109 cm³/mol. The normalized spacial score (nSPS) is 14.1. The van der Waals surface area contributed by atoms with Crippen LogP contribution in [0.1, 0.15) is 47.9 Å². The van der Waals surface area contributed by atoms with Crippen molar-refractivity contribution in [1.29, 1.82) is 0 Å². The number of halogens is 1. The molecule has 2 aromatic rings. The first-order chi connectivity index (χ1) is 13.8. The van der Waals surface area contributed by atoms with Gasteiger partial charge in [-0.2, -0.15) is 5.10 Å². The summed E-state index contributed by atoms with van der Waals surface area (Å²) in [4.78, 5) is 12.7. The summed E-state index contributed by atoms with van der Waals surface area (Å²) < 4.78 is 39.7. The fourth-order valence-electron chi connectivity index (χ4n) is 3.68. The Morgan fingerprint density at radius 1 is 1.24 bits per heavy atom. The van der Waals surface area contributed by atoms with Crippen LogP contribution in [0.15, 0.2) is 24.3 Å². The number of fused-ring (bicyclic) bond motifs is 1. The van der Waals surface area contributed by atoms with Crippen LogP contribution in [0.25, 0.3) is 5.69 Å². The van der Waals surface area contributed by atoms with Crippen molar-refractivity contribution in [2.75, 3.05) is 25.9 Å². The Morgan fingerprint density at radius 2 is 1.93 bits per heavy atom. The number of carbonyl (C=O) groups is 1. The molecule has 9 heteroatoms. The predicted octanol–water partition coefficient (Wildman–Crippen LogP) is 2.29. The minimum absolute atomic E-state index is 0.258. The van der Waals surface area contributed by atoms with Gasteiger partial charge in [-0.3, -0.25) is 4.79 Å². The van der Waals surface area contributed by atoms with Gasteiger partial charge in [0.25, 0.3) is 5.91 Å². The first kappa shape index (κ1) is 21.4. The minimum atomic E-state index is -3.23. The molecule has 3 rings (SSSR count). The number of hydrogen-bond donors (Lipinski definition) is 1. The lowest BCUT2D eigenvalue weighted by Crippen LogP contribution is -2.33. The maximum absolute atomic E-state index is 13.3. The molecular weight excluding hydrogens is 395 g/mol. The van der Waals surface area contributed by atoms with E-state index in [1.54, 1.807) is 23.7 Å². The van der Waals surface area contributed by atoms with Crippen molar-refractivity contribution in [3.05, 3.63) is 47.0 Å². The maximum Gasteiger partial charge on any atom is 0.272 e. The van der Waals surface area contributed by atoms with Crippen molar-refractivity contribution in [2.45, 2.75) is 39.0 Å². The second-order valence-electron chi connectivity index (χ2n) is 7.23. The zero-order chi connectivity index (χ0) is 21.0. The van der Waals surface area contributed by atoms with Crippen LogP contribution < -0.4 is 5.32 Å². The number of carbonyl (C=O) groups excluding carboxylic acids is 1. The van der Waals surface area contributed by atoms with Crippen LogP contribution in [-0.4, -0.2) is 54.3 Å². The Labute approximate surface area is 171 Å². The third kappa shape index (κ3) is 5.02. The van der Waals surface area contributed by atoms with Gasteiger partial charge in [0.05, 0.1) is 11.9 Å². The Balaban J connectivity index is 1.71. The molecule has 1 amide bonds. The molecule has 7 nitrogen and oxygen atoms in total. The molecule has 1 heterocycles. The quantitative estimate of drug-likeness (QED) is 0.662. The summed E-state index contributed by atoms with van der Waals surface area (Å²) in [6.07, 6.45) is 5.35. The zero-order valence-corrected chi connectivity index (χ0v) is 17.6. The van der Waals surface area contributed by atoms with Crippen LogP contribution >= 0.6 is 0 Å². The van der Waals surface area contributed by atoms with Gasteiger partial charge in [0.2, 0.25) is 10.0 Å². The standard InChI is InChI=1S/C20H27FN4O3S/c1-3-24(29(2,27)28)14-6-13-22-20(26)19-17-7-4-5-8-18(17)25(23-19)16-11-9-15(21)10-12-16/h9-12H,3-8,13-14H2,1-2H3,(H,22,26). The number of benzene rings is 1. The molecule has 1 aromatic heterocycles. The van der Waals surface area contributed by atoms with Gasteiger partial charge >= 0.3 is 0 Å². The molecular formula is C20H27FN4O3S. The summed E-state index contributed by atoms with van der Waals surface area (Å²) in [5.41, 5.74) is 3.08. The second kappa shape index (κ2) is 9.04. The smallest absolute Gasteiger partial charge is 0.272 e. The summed E-state index contributed by atoms with van der Waals surface area (Å²) in [5.74, 6) is -0.575.